The first kappa shape index (κ1) is 18.7. The Morgan fingerprint density at radius 3 is 2.43 bits per heavy atom. The number of hydrazone groups is 1. The van der Waals surface area contributed by atoms with Crippen molar-refractivity contribution in [3.05, 3.63) is 29.8 Å². The molecule has 0 aromatic heterocycles. The van der Waals surface area contributed by atoms with Gasteiger partial charge in [0.05, 0.1) is 12.8 Å². The van der Waals surface area contributed by atoms with E-state index in [0.29, 0.717) is 13.2 Å². The summed E-state index contributed by atoms with van der Waals surface area (Å²) in [4.78, 5) is 22.9. The minimum Gasteiger partial charge on any atom is -0.494 e. The van der Waals surface area contributed by atoms with E-state index in [1.165, 1.54) is 6.21 Å². The zero-order chi connectivity index (χ0) is 16.9. The Morgan fingerprint density at radius 2 is 1.78 bits per heavy atom. The van der Waals surface area contributed by atoms with Crippen molar-refractivity contribution < 1.29 is 14.3 Å². The van der Waals surface area contributed by atoms with Gasteiger partial charge in [-0.3, -0.25) is 9.59 Å². The molecule has 0 aliphatic carbocycles. The monoisotopic (exact) mass is 319 g/mol. The summed E-state index contributed by atoms with van der Waals surface area (Å²) >= 11 is 0. The summed E-state index contributed by atoms with van der Waals surface area (Å²) in [5, 5.41) is 6.29. The topological polar surface area (TPSA) is 79.8 Å². The van der Waals surface area contributed by atoms with Crippen molar-refractivity contribution in [2.75, 3.05) is 13.2 Å². The molecule has 0 radical (unpaired) electrons. The van der Waals surface area contributed by atoms with Crippen molar-refractivity contribution in [3.8, 4) is 5.75 Å². The van der Waals surface area contributed by atoms with Crippen molar-refractivity contribution in [2.45, 2.75) is 39.5 Å². The van der Waals surface area contributed by atoms with Crippen LogP contribution < -0.4 is 15.5 Å². The molecule has 0 saturated heterocycles. The first-order chi connectivity index (χ1) is 11.2. The van der Waals surface area contributed by atoms with Crippen LogP contribution >= 0.6 is 0 Å². The Hall–Kier alpha value is -2.37. The number of nitrogens with zero attached hydrogens (tertiary/aromatic N) is 1. The predicted octanol–water partition coefficient (Wildman–Crippen LogP) is 2.23. The summed E-state index contributed by atoms with van der Waals surface area (Å²) in [6, 6.07) is 7.35. The van der Waals surface area contributed by atoms with E-state index in [9.17, 15) is 9.59 Å². The fourth-order valence-corrected chi connectivity index (χ4v) is 1.66. The van der Waals surface area contributed by atoms with Gasteiger partial charge in [-0.1, -0.05) is 26.7 Å². The van der Waals surface area contributed by atoms with Crippen molar-refractivity contribution >= 4 is 18.0 Å². The molecule has 126 valence electrons. The molecule has 23 heavy (non-hydrogen) atoms. The third-order valence-corrected chi connectivity index (χ3v) is 3.05. The van der Waals surface area contributed by atoms with E-state index in [0.717, 1.165) is 37.0 Å². The van der Waals surface area contributed by atoms with Crippen LogP contribution in [-0.2, 0) is 9.59 Å². The number of amides is 2. The van der Waals surface area contributed by atoms with Gasteiger partial charge in [0, 0.05) is 6.54 Å². The first-order valence-corrected chi connectivity index (χ1v) is 8.01. The maximum atomic E-state index is 11.5. The molecular weight excluding hydrogens is 294 g/mol. The third-order valence-electron chi connectivity index (χ3n) is 3.05. The quantitative estimate of drug-likeness (QED) is 0.317. The summed E-state index contributed by atoms with van der Waals surface area (Å²) in [7, 11) is 0. The molecular formula is C17H25N3O3. The number of carbonyl (C=O) groups is 2. The standard InChI is InChI=1S/C17H25N3O3/c1-3-5-11-18-16(21)17(22)20-19-13-14-7-9-15(10-8-14)23-12-6-4-2/h7-10,13H,3-6,11-12H2,1-2H3,(H,18,21)(H,20,22)/b19-13-. The lowest BCUT2D eigenvalue weighted by molar-refractivity contribution is -0.139. The number of nitrogens with one attached hydrogen (secondary N) is 2. The molecule has 0 aliphatic rings. The summed E-state index contributed by atoms with van der Waals surface area (Å²) in [6.45, 7) is 5.32. The fraction of sp³-hybridized carbons (Fsp3) is 0.471. The summed E-state index contributed by atoms with van der Waals surface area (Å²) in [6.07, 6.45) is 5.40. The highest BCUT2D eigenvalue weighted by Crippen LogP contribution is 2.11. The van der Waals surface area contributed by atoms with Crippen molar-refractivity contribution in [2.24, 2.45) is 5.10 Å². The number of benzene rings is 1. The second-order valence-electron chi connectivity index (χ2n) is 5.08. The van der Waals surface area contributed by atoms with Crippen LogP contribution in [0.25, 0.3) is 0 Å². The Kier molecular flexibility index (Phi) is 9.12. The van der Waals surface area contributed by atoms with E-state index < -0.39 is 11.8 Å². The minimum absolute atomic E-state index is 0.492. The smallest absolute Gasteiger partial charge is 0.329 e. The van der Waals surface area contributed by atoms with Gasteiger partial charge < -0.3 is 10.1 Å². The van der Waals surface area contributed by atoms with Gasteiger partial charge in [-0.25, -0.2) is 5.43 Å². The number of hydrogen-bond acceptors (Lipinski definition) is 4. The van der Waals surface area contributed by atoms with E-state index in [4.69, 9.17) is 4.74 Å². The first-order valence-electron chi connectivity index (χ1n) is 8.01. The van der Waals surface area contributed by atoms with Gasteiger partial charge in [0.15, 0.2) is 0 Å². The second kappa shape index (κ2) is 11.2. The number of rotatable bonds is 9. The van der Waals surface area contributed by atoms with Crippen LogP contribution in [0.5, 0.6) is 5.75 Å². The molecule has 0 unspecified atom stereocenters. The van der Waals surface area contributed by atoms with Crippen molar-refractivity contribution in [1.29, 1.82) is 0 Å². The maximum Gasteiger partial charge on any atom is 0.329 e. The van der Waals surface area contributed by atoms with E-state index >= 15 is 0 Å². The highest BCUT2D eigenvalue weighted by atomic mass is 16.5. The van der Waals surface area contributed by atoms with Crippen LogP contribution in [0, 0.1) is 0 Å². The number of hydrogen-bond donors (Lipinski definition) is 2. The average molecular weight is 319 g/mol. The zero-order valence-corrected chi connectivity index (χ0v) is 13.8. The van der Waals surface area contributed by atoms with Gasteiger partial charge in [-0.15, -0.1) is 0 Å². The van der Waals surface area contributed by atoms with Gasteiger partial charge in [0.2, 0.25) is 0 Å². The third kappa shape index (κ3) is 7.99. The van der Waals surface area contributed by atoms with E-state index in [1.54, 1.807) is 0 Å². The van der Waals surface area contributed by atoms with Crippen LogP contribution in [0.1, 0.15) is 45.1 Å². The Balaban J connectivity index is 2.36. The average Bonchev–Trinajstić information content (AvgIpc) is 2.56. The lowest BCUT2D eigenvalue weighted by Crippen LogP contribution is -2.38. The second-order valence-corrected chi connectivity index (χ2v) is 5.08. The number of ether oxygens (including phenoxy) is 1. The molecule has 6 heteroatoms. The van der Waals surface area contributed by atoms with Crippen molar-refractivity contribution in [1.82, 2.24) is 10.7 Å². The molecule has 0 atom stereocenters. The molecule has 1 aromatic carbocycles. The molecule has 1 rings (SSSR count). The van der Waals surface area contributed by atoms with Gasteiger partial charge in [-0.05, 0) is 42.7 Å². The summed E-state index contributed by atoms with van der Waals surface area (Å²) < 4.78 is 5.56. The molecule has 0 bridgehead atoms. The molecule has 1 aromatic rings. The molecule has 6 nitrogen and oxygen atoms in total. The van der Waals surface area contributed by atoms with Gasteiger partial charge in [-0.2, -0.15) is 5.10 Å². The molecule has 0 aliphatic heterocycles. The van der Waals surface area contributed by atoms with Gasteiger partial charge >= 0.3 is 11.8 Å². The van der Waals surface area contributed by atoms with Crippen LogP contribution in [0.15, 0.2) is 29.4 Å². The van der Waals surface area contributed by atoms with Crippen LogP contribution in [-0.4, -0.2) is 31.2 Å². The molecule has 0 fully saturated rings. The maximum absolute atomic E-state index is 11.5. The van der Waals surface area contributed by atoms with Gasteiger partial charge in [0.25, 0.3) is 0 Å². The SMILES string of the molecule is CCCCNC(=O)C(=O)N/N=C\c1ccc(OCCCC)cc1. The van der Waals surface area contributed by atoms with Crippen LogP contribution in [0.2, 0.25) is 0 Å². The number of unbranched alkanes of at least 4 members (excludes halogenated alkanes) is 2. The van der Waals surface area contributed by atoms with E-state index in [2.05, 4.69) is 22.8 Å². The van der Waals surface area contributed by atoms with Crippen molar-refractivity contribution in [3.63, 3.8) is 0 Å². The van der Waals surface area contributed by atoms with E-state index in [1.807, 2.05) is 31.2 Å². The molecule has 2 N–H and O–H groups in total. The molecule has 2 amide bonds. The normalized spacial score (nSPS) is 10.5. The predicted molar refractivity (Wildman–Crippen MR) is 90.5 cm³/mol. The fourth-order valence-electron chi connectivity index (χ4n) is 1.66. The molecule has 0 saturated carbocycles. The lowest BCUT2D eigenvalue weighted by atomic mass is 10.2. The van der Waals surface area contributed by atoms with Crippen LogP contribution in [0.4, 0.5) is 0 Å². The molecule has 0 heterocycles. The Labute approximate surface area is 137 Å². The minimum atomic E-state index is -0.767. The Bertz CT molecular complexity index is 512. The summed E-state index contributed by atoms with van der Waals surface area (Å²) in [5.74, 6) is -0.637. The van der Waals surface area contributed by atoms with Crippen LogP contribution in [0.3, 0.4) is 0 Å². The largest absolute Gasteiger partial charge is 0.494 e. The number of carbonyl (C=O) groups excluding carboxylic acids is 2. The van der Waals surface area contributed by atoms with E-state index in [-0.39, 0.29) is 0 Å². The van der Waals surface area contributed by atoms with Gasteiger partial charge in [0.1, 0.15) is 5.75 Å². The summed E-state index contributed by atoms with van der Waals surface area (Å²) in [5.41, 5.74) is 3.01. The molecule has 0 spiro atoms. The zero-order valence-electron chi connectivity index (χ0n) is 13.8. The Morgan fingerprint density at radius 1 is 1.09 bits per heavy atom. The lowest BCUT2D eigenvalue weighted by Gasteiger charge is -2.05. The highest BCUT2D eigenvalue weighted by molar-refractivity contribution is 6.35. The highest BCUT2D eigenvalue weighted by Gasteiger charge is 2.10.